The quantitative estimate of drug-likeness (QED) is 0.751. The van der Waals surface area contributed by atoms with Crippen molar-refractivity contribution in [3.8, 4) is 0 Å². The Kier molecular flexibility index (Phi) is 3.30. The van der Waals surface area contributed by atoms with Crippen LogP contribution in [0.25, 0.3) is 10.9 Å². The van der Waals surface area contributed by atoms with E-state index >= 15 is 0 Å². The largest absolute Gasteiger partial charge is 0.351 e. The Morgan fingerprint density at radius 2 is 2.05 bits per heavy atom. The average molecular weight is 320 g/mol. The van der Waals surface area contributed by atoms with E-state index in [1.54, 1.807) is 35.7 Å². The molecule has 108 valence electrons. The zero-order valence-electron chi connectivity index (χ0n) is 11.1. The lowest BCUT2D eigenvalue weighted by Crippen LogP contribution is -2.26. The lowest BCUT2D eigenvalue weighted by atomic mass is 10.2. The lowest BCUT2D eigenvalue weighted by Gasteiger charge is -2.19. The van der Waals surface area contributed by atoms with Gasteiger partial charge in [-0.15, -0.1) is 11.3 Å². The number of sulfonamides is 1. The highest BCUT2D eigenvalue weighted by Crippen LogP contribution is 2.30. The first kappa shape index (κ1) is 13.8. The van der Waals surface area contributed by atoms with Gasteiger partial charge in [-0.2, -0.15) is 0 Å². The van der Waals surface area contributed by atoms with Crippen LogP contribution in [0, 0.1) is 0 Å². The fourth-order valence-electron chi connectivity index (χ4n) is 2.16. The van der Waals surface area contributed by atoms with Crippen molar-refractivity contribution in [3.05, 3.63) is 47.5 Å². The summed E-state index contributed by atoms with van der Waals surface area (Å²) in [5.41, 5.74) is 1.55. The predicted molar refractivity (Wildman–Crippen MR) is 83.6 cm³/mol. The van der Waals surface area contributed by atoms with Gasteiger partial charge in [0.15, 0.2) is 6.29 Å². The molecule has 5 nitrogen and oxygen atoms in total. The van der Waals surface area contributed by atoms with E-state index in [9.17, 15) is 13.2 Å². The molecule has 0 radical (unpaired) electrons. The summed E-state index contributed by atoms with van der Waals surface area (Å²) in [6, 6.07) is 10.3. The molecule has 0 unspecified atom stereocenters. The van der Waals surface area contributed by atoms with E-state index in [4.69, 9.17) is 0 Å². The van der Waals surface area contributed by atoms with Gasteiger partial charge in [0.2, 0.25) is 0 Å². The number of nitrogens with one attached hydrogen (secondary N) is 1. The van der Waals surface area contributed by atoms with Crippen molar-refractivity contribution in [2.75, 3.05) is 11.4 Å². The number of carbonyl (C=O) groups is 1. The topological polar surface area (TPSA) is 70.2 Å². The van der Waals surface area contributed by atoms with Crippen LogP contribution in [-0.4, -0.2) is 26.7 Å². The number of benzene rings is 1. The second-order valence-electron chi connectivity index (χ2n) is 4.49. The van der Waals surface area contributed by atoms with Crippen molar-refractivity contribution in [1.29, 1.82) is 0 Å². The minimum atomic E-state index is -3.59. The maximum atomic E-state index is 12.6. The molecule has 1 N–H and O–H groups in total. The highest BCUT2D eigenvalue weighted by Gasteiger charge is 2.24. The number of aldehydes is 1. The van der Waals surface area contributed by atoms with Crippen LogP contribution in [0.15, 0.2) is 46.0 Å². The molecule has 1 aromatic carbocycles. The second kappa shape index (κ2) is 5.01. The Morgan fingerprint density at radius 1 is 1.24 bits per heavy atom. The zero-order valence-corrected chi connectivity index (χ0v) is 12.7. The van der Waals surface area contributed by atoms with E-state index in [0.717, 1.165) is 5.39 Å². The molecule has 0 atom stereocenters. The van der Waals surface area contributed by atoms with E-state index in [0.29, 0.717) is 23.2 Å². The summed E-state index contributed by atoms with van der Waals surface area (Å²) in [5, 5.41) is 2.52. The van der Waals surface area contributed by atoms with Crippen LogP contribution in [0.5, 0.6) is 0 Å². The third kappa shape index (κ3) is 2.24. The van der Waals surface area contributed by atoms with Gasteiger partial charge in [-0.3, -0.25) is 9.10 Å². The van der Waals surface area contributed by atoms with E-state index < -0.39 is 10.0 Å². The lowest BCUT2D eigenvalue weighted by molar-refractivity contribution is 0.112. The number of aromatic nitrogens is 1. The van der Waals surface area contributed by atoms with Crippen molar-refractivity contribution in [2.24, 2.45) is 0 Å². The predicted octanol–water partition coefficient (Wildman–Crippen LogP) is 2.87. The molecular weight excluding hydrogens is 308 g/mol. The number of para-hydroxylation sites is 1. The number of hydrogen-bond donors (Lipinski definition) is 1. The van der Waals surface area contributed by atoms with Gasteiger partial charge in [-0.1, -0.05) is 18.2 Å². The average Bonchev–Trinajstić information content (AvgIpc) is 3.14. The summed E-state index contributed by atoms with van der Waals surface area (Å²) in [6.45, 7) is 0. The molecule has 21 heavy (non-hydrogen) atoms. The number of nitrogens with zero attached hydrogens (tertiary/aromatic N) is 1. The molecule has 0 aliphatic carbocycles. The molecule has 2 heterocycles. The number of thiophene rings is 1. The summed E-state index contributed by atoms with van der Waals surface area (Å²) in [6.07, 6.45) is 0.706. The first-order valence-electron chi connectivity index (χ1n) is 6.13. The number of carbonyl (C=O) groups excluding carboxylic acids is 1. The van der Waals surface area contributed by atoms with Crippen molar-refractivity contribution in [2.45, 2.75) is 4.21 Å². The summed E-state index contributed by atoms with van der Waals surface area (Å²) in [4.78, 5) is 13.8. The van der Waals surface area contributed by atoms with Crippen molar-refractivity contribution >= 4 is 44.2 Å². The van der Waals surface area contributed by atoms with Crippen LogP contribution in [0.1, 0.15) is 10.5 Å². The number of rotatable bonds is 4. The van der Waals surface area contributed by atoms with E-state index in [1.807, 2.05) is 6.07 Å². The molecule has 3 rings (SSSR count). The van der Waals surface area contributed by atoms with E-state index in [-0.39, 0.29) is 4.21 Å². The fraction of sp³-hybridized carbons (Fsp3) is 0.0714. The first-order valence-corrected chi connectivity index (χ1v) is 8.45. The Hall–Kier alpha value is -2.12. The number of hydrogen-bond acceptors (Lipinski definition) is 4. The van der Waals surface area contributed by atoms with Gasteiger partial charge in [0.25, 0.3) is 10.0 Å². The molecular formula is C14H12N2O3S2. The van der Waals surface area contributed by atoms with E-state index in [1.165, 1.54) is 22.7 Å². The summed E-state index contributed by atoms with van der Waals surface area (Å²) >= 11 is 1.17. The van der Waals surface area contributed by atoms with Gasteiger partial charge in [0, 0.05) is 12.4 Å². The molecule has 0 aliphatic rings. The van der Waals surface area contributed by atoms with Gasteiger partial charge in [0.1, 0.15) is 4.21 Å². The van der Waals surface area contributed by atoms with Gasteiger partial charge in [0.05, 0.1) is 16.9 Å². The fourth-order valence-corrected chi connectivity index (χ4v) is 4.53. The van der Waals surface area contributed by atoms with Crippen molar-refractivity contribution < 1.29 is 13.2 Å². The number of H-pyrrole nitrogens is 1. The highest BCUT2D eigenvalue weighted by atomic mass is 32.2. The maximum absolute atomic E-state index is 12.6. The van der Waals surface area contributed by atoms with Crippen LogP contribution < -0.4 is 4.31 Å². The molecule has 0 bridgehead atoms. The number of fused-ring (bicyclic) bond motifs is 1. The molecule has 0 aliphatic heterocycles. The van der Waals surface area contributed by atoms with Crippen molar-refractivity contribution in [3.63, 3.8) is 0 Å². The smallest absolute Gasteiger partial charge is 0.273 e. The molecule has 3 aromatic rings. The monoisotopic (exact) mass is 320 g/mol. The standard InChI is InChI=1S/C14H12N2O3S2/c1-16(21(18,19)13-6-3-7-20-13)12-5-2-4-10-8-11(9-17)15-14(10)12/h2-9,15H,1H3. The van der Waals surface area contributed by atoms with Crippen LogP contribution in [0.3, 0.4) is 0 Å². The van der Waals surface area contributed by atoms with Gasteiger partial charge in [-0.25, -0.2) is 8.42 Å². The molecule has 0 fully saturated rings. The highest BCUT2D eigenvalue weighted by molar-refractivity contribution is 7.94. The first-order chi connectivity index (χ1) is 10.0. The normalized spacial score (nSPS) is 11.7. The minimum Gasteiger partial charge on any atom is -0.351 e. The summed E-state index contributed by atoms with van der Waals surface area (Å²) < 4.78 is 26.6. The minimum absolute atomic E-state index is 0.282. The van der Waals surface area contributed by atoms with E-state index in [2.05, 4.69) is 4.98 Å². The second-order valence-corrected chi connectivity index (χ2v) is 7.63. The van der Waals surface area contributed by atoms with Gasteiger partial charge >= 0.3 is 0 Å². The third-order valence-electron chi connectivity index (χ3n) is 3.23. The molecule has 0 saturated heterocycles. The SMILES string of the molecule is CN(c1cccc2cc(C=O)[nH]c12)S(=O)(=O)c1cccs1. The third-order valence-corrected chi connectivity index (χ3v) is 6.38. The molecule has 2 aromatic heterocycles. The zero-order chi connectivity index (χ0) is 15.0. The molecule has 0 spiro atoms. The van der Waals surface area contributed by atoms with Crippen LogP contribution in [-0.2, 0) is 10.0 Å². The Morgan fingerprint density at radius 3 is 2.71 bits per heavy atom. The molecule has 0 saturated carbocycles. The van der Waals surface area contributed by atoms with Crippen molar-refractivity contribution in [1.82, 2.24) is 4.98 Å². The maximum Gasteiger partial charge on any atom is 0.273 e. The Balaban J connectivity index is 2.16. The van der Waals surface area contributed by atoms with Crippen LogP contribution in [0.2, 0.25) is 0 Å². The Labute approximate surface area is 125 Å². The van der Waals surface area contributed by atoms with Gasteiger partial charge in [-0.05, 0) is 23.6 Å². The van der Waals surface area contributed by atoms with Crippen LogP contribution >= 0.6 is 11.3 Å². The number of anilines is 1. The number of aromatic amines is 1. The van der Waals surface area contributed by atoms with Crippen LogP contribution in [0.4, 0.5) is 5.69 Å². The molecule has 7 heteroatoms. The summed E-state index contributed by atoms with van der Waals surface area (Å²) in [5.74, 6) is 0. The van der Waals surface area contributed by atoms with Gasteiger partial charge < -0.3 is 4.98 Å². The summed E-state index contributed by atoms with van der Waals surface area (Å²) in [7, 11) is -2.09. The molecule has 0 amide bonds. The Bertz CT molecular complexity index is 896.